The lowest BCUT2D eigenvalue weighted by Gasteiger charge is -2.21. The summed E-state index contributed by atoms with van der Waals surface area (Å²) in [6, 6.07) is 10.9. The molecule has 6 nitrogen and oxygen atoms in total. The highest BCUT2D eigenvalue weighted by molar-refractivity contribution is 7.89. The van der Waals surface area contributed by atoms with Crippen molar-refractivity contribution < 1.29 is 22.7 Å². The Balaban J connectivity index is 1.89. The molecule has 1 fully saturated rings. The van der Waals surface area contributed by atoms with Crippen LogP contribution in [0.4, 0.5) is 0 Å². The molecule has 0 aliphatic carbocycles. The molecule has 2 aromatic carbocycles. The number of esters is 1. The van der Waals surface area contributed by atoms with E-state index >= 15 is 0 Å². The van der Waals surface area contributed by atoms with Gasteiger partial charge in [0, 0.05) is 13.1 Å². The first kappa shape index (κ1) is 20.6. The van der Waals surface area contributed by atoms with Gasteiger partial charge in [-0.05, 0) is 43.2 Å². The molecule has 3 rings (SSSR count). The van der Waals surface area contributed by atoms with Crippen LogP contribution >= 0.6 is 11.6 Å². The lowest BCUT2D eigenvalue weighted by Crippen LogP contribution is -2.32. The summed E-state index contributed by atoms with van der Waals surface area (Å²) in [5.74, 6) is -0.0300. The number of methoxy groups -OCH3 is 1. The van der Waals surface area contributed by atoms with Crippen LogP contribution in [0, 0.1) is 0 Å². The van der Waals surface area contributed by atoms with E-state index in [2.05, 4.69) is 0 Å². The number of para-hydroxylation sites is 2. The monoisotopic (exact) mass is 423 g/mol. The summed E-state index contributed by atoms with van der Waals surface area (Å²) in [5.41, 5.74) is 0.101. The van der Waals surface area contributed by atoms with Crippen molar-refractivity contribution >= 4 is 27.6 Å². The molecule has 0 bridgehead atoms. The lowest BCUT2D eigenvalue weighted by molar-refractivity contribution is 0.0729. The van der Waals surface area contributed by atoms with Crippen LogP contribution in [-0.4, -0.2) is 38.9 Å². The number of benzene rings is 2. The molecule has 0 aromatic heterocycles. The van der Waals surface area contributed by atoms with Crippen molar-refractivity contribution in [3.8, 4) is 11.5 Å². The van der Waals surface area contributed by atoms with E-state index in [1.165, 1.54) is 29.6 Å². The molecule has 0 radical (unpaired) electrons. The Kier molecular flexibility index (Phi) is 6.59. The fraction of sp³-hybridized carbons (Fsp3) is 0.350. The Hall–Kier alpha value is -2.09. The third-order valence-corrected chi connectivity index (χ3v) is 7.00. The van der Waals surface area contributed by atoms with Crippen molar-refractivity contribution in [1.29, 1.82) is 0 Å². The molecule has 0 amide bonds. The molecule has 28 heavy (non-hydrogen) atoms. The number of nitrogens with zero attached hydrogens (tertiary/aromatic N) is 1. The van der Waals surface area contributed by atoms with E-state index < -0.39 is 16.0 Å². The molecule has 0 atom stereocenters. The van der Waals surface area contributed by atoms with Crippen molar-refractivity contribution in [2.45, 2.75) is 30.6 Å². The second-order valence-corrected chi connectivity index (χ2v) is 8.82. The lowest BCUT2D eigenvalue weighted by atomic mass is 10.2. The fourth-order valence-electron chi connectivity index (χ4n) is 3.11. The summed E-state index contributed by atoms with van der Waals surface area (Å²) in [4.78, 5) is 12.5. The number of rotatable bonds is 5. The normalized spacial score (nSPS) is 15.6. The van der Waals surface area contributed by atoms with Crippen LogP contribution < -0.4 is 9.47 Å². The highest BCUT2D eigenvalue weighted by atomic mass is 35.5. The number of halogens is 1. The molecule has 1 heterocycles. The SMILES string of the molecule is COc1ccccc1OC(=O)c1ccc(Cl)c(S(=O)(=O)N2CCCCCC2)c1. The van der Waals surface area contributed by atoms with Crippen LogP contribution in [0.3, 0.4) is 0 Å². The summed E-state index contributed by atoms with van der Waals surface area (Å²) in [6.07, 6.45) is 3.63. The Bertz CT molecular complexity index is 953. The van der Waals surface area contributed by atoms with E-state index in [1.807, 2.05) is 0 Å². The van der Waals surface area contributed by atoms with Crippen molar-refractivity contribution in [1.82, 2.24) is 4.31 Å². The van der Waals surface area contributed by atoms with Gasteiger partial charge in [-0.15, -0.1) is 0 Å². The first-order chi connectivity index (χ1) is 13.4. The second kappa shape index (κ2) is 8.94. The van der Waals surface area contributed by atoms with Gasteiger partial charge in [-0.3, -0.25) is 0 Å². The van der Waals surface area contributed by atoms with E-state index in [0.717, 1.165) is 25.7 Å². The minimum absolute atomic E-state index is 0.0782. The van der Waals surface area contributed by atoms with Gasteiger partial charge < -0.3 is 9.47 Å². The van der Waals surface area contributed by atoms with Crippen LogP contribution in [-0.2, 0) is 10.0 Å². The molecular formula is C20H22ClNO5S. The van der Waals surface area contributed by atoms with Gasteiger partial charge in [0.05, 0.1) is 17.7 Å². The summed E-state index contributed by atoms with van der Waals surface area (Å²) in [6.45, 7) is 0.906. The average molecular weight is 424 g/mol. The van der Waals surface area contributed by atoms with Crippen molar-refractivity contribution in [3.05, 3.63) is 53.1 Å². The van der Waals surface area contributed by atoms with Crippen molar-refractivity contribution in [2.75, 3.05) is 20.2 Å². The Morgan fingerprint density at radius 1 is 1.00 bits per heavy atom. The van der Waals surface area contributed by atoms with Crippen molar-refractivity contribution in [3.63, 3.8) is 0 Å². The zero-order valence-electron chi connectivity index (χ0n) is 15.6. The Labute approximate surface area is 170 Å². The third-order valence-electron chi connectivity index (χ3n) is 4.62. The van der Waals surface area contributed by atoms with Crippen LogP contribution in [0.1, 0.15) is 36.0 Å². The number of carbonyl (C=O) groups excluding carboxylic acids is 1. The molecule has 8 heteroatoms. The van der Waals surface area contributed by atoms with E-state index in [0.29, 0.717) is 18.8 Å². The quantitative estimate of drug-likeness (QED) is 0.534. The summed E-state index contributed by atoms with van der Waals surface area (Å²) < 4.78 is 38.1. The second-order valence-electron chi connectivity index (χ2n) is 6.50. The van der Waals surface area contributed by atoms with E-state index in [1.54, 1.807) is 24.3 Å². The number of hydrogen-bond donors (Lipinski definition) is 0. The van der Waals surface area contributed by atoms with Gasteiger partial charge in [-0.1, -0.05) is 36.6 Å². The van der Waals surface area contributed by atoms with Gasteiger partial charge in [0.25, 0.3) is 0 Å². The van der Waals surface area contributed by atoms with Gasteiger partial charge in [0.2, 0.25) is 10.0 Å². The number of sulfonamides is 1. The highest BCUT2D eigenvalue weighted by Gasteiger charge is 2.28. The van der Waals surface area contributed by atoms with Gasteiger partial charge in [0.15, 0.2) is 11.5 Å². The molecule has 1 saturated heterocycles. The Morgan fingerprint density at radius 2 is 1.64 bits per heavy atom. The third kappa shape index (κ3) is 4.48. The van der Waals surface area contributed by atoms with E-state index in [4.69, 9.17) is 21.1 Å². The van der Waals surface area contributed by atoms with Gasteiger partial charge in [0.1, 0.15) is 4.90 Å². The summed E-state index contributed by atoms with van der Waals surface area (Å²) in [5, 5.41) is 0.0816. The molecular weight excluding hydrogens is 402 g/mol. The maximum absolute atomic E-state index is 13.1. The van der Waals surface area contributed by atoms with Crippen LogP contribution in [0.15, 0.2) is 47.4 Å². The summed E-state index contributed by atoms with van der Waals surface area (Å²) in [7, 11) is -2.32. The standard InChI is InChI=1S/C20H22ClNO5S/c1-26-17-8-4-5-9-18(17)27-20(23)15-10-11-16(21)19(14-15)28(24,25)22-12-6-2-3-7-13-22/h4-5,8-11,14H,2-3,6-7,12-13H2,1H3. The van der Waals surface area contributed by atoms with Crippen LogP contribution in [0.2, 0.25) is 5.02 Å². The minimum Gasteiger partial charge on any atom is -0.493 e. The van der Waals surface area contributed by atoms with Crippen molar-refractivity contribution in [2.24, 2.45) is 0 Å². The van der Waals surface area contributed by atoms with Gasteiger partial charge in [-0.25, -0.2) is 13.2 Å². The maximum Gasteiger partial charge on any atom is 0.343 e. The molecule has 0 N–H and O–H groups in total. The first-order valence-corrected chi connectivity index (χ1v) is 10.9. The predicted octanol–water partition coefficient (Wildman–Crippen LogP) is 4.13. The zero-order chi connectivity index (χ0) is 20.1. The molecule has 0 spiro atoms. The van der Waals surface area contributed by atoms with E-state index in [-0.39, 0.29) is 21.2 Å². The average Bonchev–Trinajstić information content (AvgIpc) is 2.98. The zero-order valence-corrected chi connectivity index (χ0v) is 17.1. The maximum atomic E-state index is 13.1. The highest BCUT2D eigenvalue weighted by Crippen LogP contribution is 2.30. The molecule has 0 saturated carbocycles. The molecule has 0 unspecified atom stereocenters. The smallest absolute Gasteiger partial charge is 0.343 e. The van der Waals surface area contributed by atoms with Gasteiger partial charge >= 0.3 is 5.97 Å². The van der Waals surface area contributed by atoms with Crippen LogP contribution in [0.5, 0.6) is 11.5 Å². The molecule has 2 aromatic rings. The summed E-state index contributed by atoms with van der Waals surface area (Å²) >= 11 is 6.18. The number of hydrogen-bond acceptors (Lipinski definition) is 5. The largest absolute Gasteiger partial charge is 0.493 e. The van der Waals surface area contributed by atoms with Gasteiger partial charge in [-0.2, -0.15) is 4.31 Å². The van der Waals surface area contributed by atoms with E-state index in [9.17, 15) is 13.2 Å². The number of ether oxygens (including phenoxy) is 2. The minimum atomic E-state index is -3.79. The topological polar surface area (TPSA) is 72.9 Å². The molecule has 150 valence electrons. The van der Waals surface area contributed by atoms with Crippen LogP contribution in [0.25, 0.3) is 0 Å². The predicted molar refractivity (Wildman–Crippen MR) is 107 cm³/mol. The first-order valence-electron chi connectivity index (χ1n) is 9.08. The number of carbonyl (C=O) groups is 1. The molecule has 1 aliphatic rings. The Morgan fingerprint density at radius 3 is 2.29 bits per heavy atom. The molecule has 1 aliphatic heterocycles. The fourth-order valence-corrected chi connectivity index (χ4v) is 5.13.